The molecule has 0 aliphatic heterocycles. The van der Waals surface area contributed by atoms with Gasteiger partial charge in [-0.2, -0.15) is 4.31 Å². The largest absolute Gasteiger partial charge is 0.466 e. The second kappa shape index (κ2) is 8.87. The number of carbonyl (C=O) groups excluding carboxylic acids is 1. The first-order valence-electron chi connectivity index (χ1n) is 8.58. The lowest BCUT2D eigenvalue weighted by molar-refractivity contribution is -0.136. The van der Waals surface area contributed by atoms with Crippen LogP contribution in [0.2, 0.25) is 0 Å². The van der Waals surface area contributed by atoms with E-state index in [1.165, 1.54) is 19.2 Å². The number of carbonyl (C=O) groups is 1. The summed E-state index contributed by atoms with van der Waals surface area (Å²) in [4.78, 5) is 12.3. The molecule has 0 heterocycles. The molecule has 28 heavy (non-hydrogen) atoms. The van der Waals surface area contributed by atoms with Crippen molar-refractivity contribution in [1.29, 1.82) is 0 Å². The van der Waals surface area contributed by atoms with E-state index in [9.17, 15) is 13.2 Å². The lowest BCUT2D eigenvalue weighted by atomic mass is 9.98. The monoisotopic (exact) mass is 397 g/mol. The van der Waals surface area contributed by atoms with Crippen molar-refractivity contribution in [1.82, 2.24) is 4.31 Å². The van der Waals surface area contributed by atoms with Crippen LogP contribution in [0.4, 0.5) is 0 Å². The number of benzene rings is 2. The number of nitrogens with zero attached hydrogens (tertiary/aromatic N) is 1. The Morgan fingerprint density at radius 2 is 1.61 bits per heavy atom. The van der Waals surface area contributed by atoms with Crippen molar-refractivity contribution in [2.45, 2.75) is 24.8 Å². The van der Waals surface area contributed by atoms with E-state index in [1.54, 1.807) is 24.3 Å². The summed E-state index contributed by atoms with van der Waals surface area (Å²) >= 11 is 0. The van der Waals surface area contributed by atoms with E-state index in [-0.39, 0.29) is 17.0 Å². The zero-order valence-electron chi connectivity index (χ0n) is 16.2. The Morgan fingerprint density at radius 3 is 2.07 bits per heavy atom. The van der Waals surface area contributed by atoms with E-state index in [4.69, 9.17) is 11.2 Å². The van der Waals surface area contributed by atoms with Crippen LogP contribution in [0.25, 0.3) is 0 Å². The first-order valence-corrected chi connectivity index (χ1v) is 10.0. The normalized spacial score (nSPS) is 12.2. The van der Waals surface area contributed by atoms with Gasteiger partial charge in [-0.25, -0.2) is 13.2 Å². The van der Waals surface area contributed by atoms with E-state index < -0.39 is 22.0 Å². The van der Waals surface area contributed by atoms with Crippen LogP contribution in [-0.4, -0.2) is 32.3 Å². The topological polar surface area (TPSA) is 63.7 Å². The van der Waals surface area contributed by atoms with Gasteiger partial charge in [-0.3, -0.25) is 0 Å². The second-order valence-electron chi connectivity index (χ2n) is 6.40. The van der Waals surface area contributed by atoms with Crippen molar-refractivity contribution in [2.75, 3.05) is 13.7 Å². The van der Waals surface area contributed by atoms with Gasteiger partial charge in [0.05, 0.1) is 30.2 Å². The van der Waals surface area contributed by atoms with Gasteiger partial charge in [0.1, 0.15) is 0 Å². The highest BCUT2D eigenvalue weighted by atomic mass is 32.2. The summed E-state index contributed by atoms with van der Waals surface area (Å²) in [6, 6.07) is 12.6. The van der Waals surface area contributed by atoms with Gasteiger partial charge < -0.3 is 4.74 Å². The summed E-state index contributed by atoms with van der Waals surface area (Å²) < 4.78 is 32.6. The standard InChI is InChI=1S/C22H23NO4S/c1-6-15-23(28(25,26)20-13-9-17(3)10-14-20)21(18(4)22(24)27-5)19-11-7-16(2)8-12-19/h1,7-14,21H,4,15H2,2-3,5H3/t21-/m1/s1. The predicted molar refractivity (Wildman–Crippen MR) is 109 cm³/mol. The van der Waals surface area contributed by atoms with Crippen LogP contribution in [0.5, 0.6) is 0 Å². The van der Waals surface area contributed by atoms with Gasteiger partial charge in [-0.1, -0.05) is 60.0 Å². The van der Waals surface area contributed by atoms with E-state index in [1.807, 2.05) is 26.0 Å². The Balaban J connectivity index is 2.65. The minimum atomic E-state index is -4.00. The maximum atomic E-state index is 13.4. The molecule has 2 aromatic carbocycles. The molecule has 0 aliphatic carbocycles. The molecule has 0 spiro atoms. The van der Waals surface area contributed by atoms with Gasteiger partial charge in [0, 0.05) is 0 Å². The Bertz CT molecular complexity index is 1000. The van der Waals surface area contributed by atoms with Crippen LogP contribution < -0.4 is 0 Å². The third-order valence-corrected chi connectivity index (χ3v) is 6.16. The number of esters is 1. The molecular weight excluding hydrogens is 374 g/mol. The van der Waals surface area contributed by atoms with Gasteiger partial charge >= 0.3 is 5.97 Å². The van der Waals surface area contributed by atoms with Crippen molar-refractivity contribution >= 4 is 16.0 Å². The molecule has 0 unspecified atom stereocenters. The molecule has 0 radical (unpaired) electrons. The minimum Gasteiger partial charge on any atom is -0.466 e. The Kier molecular flexibility index (Phi) is 6.79. The molecule has 146 valence electrons. The van der Waals surface area contributed by atoms with Gasteiger partial charge in [0.2, 0.25) is 10.0 Å². The molecule has 0 bridgehead atoms. The molecule has 0 saturated carbocycles. The first kappa shape index (κ1) is 21.4. The number of sulfonamides is 1. The fraction of sp³-hybridized carbons (Fsp3) is 0.227. The maximum Gasteiger partial charge on any atom is 0.335 e. The summed E-state index contributed by atoms with van der Waals surface area (Å²) in [7, 11) is -2.78. The quantitative estimate of drug-likeness (QED) is 0.408. The molecule has 0 fully saturated rings. The lowest BCUT2D eigenvalue weighted by Crippen LogP contribution is -2.37. The highest BCUT2D eigenvalue weighted by Crippen LogP contribution is 2.33. The Morgan fingerprint density at radius 1 is 1.11 bits per heavy atom. The molecule has 0 aliphatic rings. The average molecular weight is 397 g/mol. The van der Waals surface area contributed by atoms with E-state index in [0.29, 0.717) is 5.56 Å². The highest BCUT2D eigenvalue weighted by Gasteiger charge is 2.36. The minimum absolute atomic E-state index is 0.0164. The van der Waals surface area contributed by atoms with E-state index in [2.05, 4.69) is 12.5 Å². The molecule has 1 atom stereocenters. The third kappa shape index (κ3) is 4.50. The molecular formula is C22H23NO4S. The molecule has 2 rings (SSSR count). The second-order valence-corrected chi connectivity index (χ2v) is 8.29. The lowest BCUT2D eigenvalue weighted by Gasteiger charge is -2.30. The fourth-order valence-electron chi connectivity index (χ4n) is 2.78. The van der Waals surface area contributed by atoms with Gasteiger partial charge in [0.15, 0.2) is 0 Å². The van der Waals surface area contributed by atoms with Crippen molar-refractivity contribution in [3.8, 4) is 12.3 Å². The molecule has 0 aromatic heterocycles. The zero-order valence-corrected chi connectivity index (χ0v) is 17.0. The summed E-state index contributed by atoms with van der Waals surface area (Å²) in [6.07, 6.45) is 5.48. The smallest absolute Gasteiger partial charge is 0.335 e. The average Bonchev–Trinajstić information content (AvgIpc) is 2.68. The predicted octanol–water partition coefficient (Wildman–Crippen LogP) is 3.40. The van der Waals surface area contributed by atoms with E-state index >= 15 is 0 Å². The number of ether oxygens (including phenoxy) is 1. The zero-order chi connectivity index (χ0) is 20.9. The number of aryl methyl sites for hydroxylation is 2. The molecule has 0 amide bonds. The molecule has 0 saturated heterocycles. The van der Waals surface area contributed by atoms with Crippen LogP contribution in [0.1, 0.15) is 22.7 Å². The summed E-state index contributed by atoms with van der Waals surface area (Å²) in [5.41, 5.74) is 2.48. The van der Waals surface area contributed by atoms with Gasteiger partial charge in [-0.05, 0) is 31.5 Å². The Labute approximate surface area is 166 Å². The number of hydrogen-bond acceptors (Lipinski definition) is 4. The van der Waals surface area contributed by atoms with Crippen LogP contribution >= 0.6 is 0 Å². The highest BCUT2D eigenvalue weighted by molar-refractivity contribution is 7.89. The van der Waals surface area contributed by atoms with Crippen LogP contribution in [0.3, 0.4) is 0 Å². The molecule has 5 nitrogen and oxygen atoms in total. The summed E-state index contributed by atoms with van der Waals surface area (Å²) in [5.74, 6) is 1.68. The molecule has 6 heteroatoms. The first-order chi connectivity index (χ1) is 13.2. The SMILES string of the molecule is C#CCN([C@H](C(=C)C(=O)OC)c1ccc(C)cc1)S(=O)(=O)c1ccc(C)cc1. The van der Waals surface area contributed by atoms with Crippen molar-refractivity contribution in [3.05, 3.63) is 77.4 Å². The van der Waals surface area contributed by atoms with Crippen molar-refractivity contribution in [2.24, 2.45) is 0 Å². The van der Waals surface area contributed by atoms with Crippen LogP contribution in [-0.2, 0) is 19.6 Å². The van der Waals surface area contributed by atoms with Crippen LogP contribution in [0, 0.1) is 26.2 Å². The number of methoxy groups -OCH3 is 1. The van der Waals surface area contributed by atoms with Gasteiger partial charge in [0.25, 0.3) is 0 Å². The maximum absolute atomic E-state index is 13.4. The van der Waals surface area contributed by atoms with E-state index in [0.717, 1.165) is 15.4 Å². The summed E-state index contributed by atoms with van der Waals surface area (Å²) in [5, 5.41) is 0. The third-order valence-electron chi connectivity index (χ3n) is 4.33. The number of terminal acetylenes is 1. The number of rotatable bonds is 7. The Hall–Kier alpha value is -2.88. The summed E-state index contributed by atoms with van der Waals surface area (Å²) in [6.45, 7) is 7.35. The fourth-order valence-corrected chi connectivity index (χ4v) is 4.31. The van der Waals surface area contributed by atoms with Crippen molar-refractivity contribution < 1.29 is 17.9 Å². The number of hydrogen-bond donors (Lipinski definition) is 0. The van der Waals surface area contributed by atoms with Crippen LogP contribution in [0.15, 0.2) is 65.6 Å². The molecule has 2 aromatic rings. The molecule has 0 N–H and O–H groups in total. The van der Waals surface area contributed by atoms with Crippen molar-refractivity contribution in [3.63, 3.8) is 0 Å². The van der Waals surface area contributed by atoms with Gasteiger partial charge in [-0.15, -0.1) is 6.42 Å².